The highest BCUT2D eigenvalue weighted by molar-refractivity contribution is 7.09. The molecule has 0 unspecified atom stereocenters. The average molecular weight is 163 g/mol. The zero-order valence-corrected chi connectivity index (χ0v) is 6.45. The monoisotopic (exact) mass is 163 g/mol. The van der Waals surface area contributed by atoms with Crippen molar-refractivity contribution in [1.29, 1.82) is 0 Å². The van der Waals surface area contributed by atoms with E-state index in [2.05, 4.69) is 14.6 Å². The first-order chi connectivity index (χ1) is 5.47. The molecule has 2 rings (SSSR count). The van der Waals surface area contributed by atoms with E-state index in [9.17, 15) is 0 Å². The van der Waals surface area contributed by atoms with Gasteiger partial charge in [-0.15, -0.1) is 5.10 Å². The van der Waals surface area contributed by atoms with E-state index >= 15 is 0 Å². The Morgan fingerprint density at radius 3 is 2.91 bits per heavy atom. The van der Waals surface area contributed by atoms with Crippen LogP contribution in [0.25, 0.3) is 10.6 Å². The number of pyridine rings is 1. The fourth-order valence-corrected chi connectivity index (χ4v) is 1.28. The molecule has 0 amide bonds. The number of rotatable bonds is 1. The molecule has 0 saturated heterocycles. The maximum Gasteiger partial charge on any atom is 0.0937 e. The maximum absolute atomic E-state index is 4.15. The SMILES string of the molecule is c1ccc(-c2cnns2)nc1. The predicted molar refractivity (Wildman–Crippen MR) is 43.1 cm³/mol. The van der Waals surface area contributed by atoms with Crippen LogP contribution in [0.2, 0.25) is 0 Å². The third-order valence-corrected chi connectivity index (χ3v) is 1.97. The summed E-state index contributed by atoms with van der Waals surface area (Å²) >= 11 is 1.35. The predicted octanol–water partition coefficient (Wildman–Crippen LogP) is 1.60. The Balaban J connectivity index is 2.46. The molecule has 2 heterocycles. The van der Waals surface area contributed by atoms with Crippen molar-refractivity contribution in [1.82, 2.24) is 14.6 Å². The molecule has 3 nitrogen and oxygen atoms in total. The highest BCUT2D eigenvalue weighted by atomic mass is 32.1. The second-order valence-corrected chi connectivity index (χ2v) is 2.78. The molecule has 54 valence electrons. The lowest BCUT2D eigenvalue weighted by molar-refractivity contribution is 1.15. The lowest BCUT2D eigenvalue weighted by Gasteiger charge is -1.89. The second kappa shape index (κ2) is 2.75. The van der Waals surface area contributed by atoms with E-state index in [1.807, 2.05) is 18.2 Å². The van der Waals surface area contributed by atoms with Crippen LogP contribution in [0, 0.1) is 0 Å². The summed E-state index contributed by atoms with van der Waals surface area (Å²) in [4.78, 5) is 5.16. The number of hydrogen-bond donors (Lipinski definition) is 0. The zero-order chi connectivity index (χ0) is 7.52. The summed E-state index contributed by atoms with van der Waals surface area (Å²) < 4.78 is 3.75. The molecule has 2 aromatic heterocycles. The molecule has 0 radical (unpaired) electrons. The lowest BCUT2D eigenvalue weighted by Crippen LogP contribution is -1.75. The molecule has 0 atom stereocenters. The Hall–Kier alpha value is -1.29. The fourth-order valence-electron chi connectivity index (χ4n) is 0.789. The van der Waals surface area contributed by atoms with E-state index < -0.39 is 0 Å². The summed E-state index contributed by atoms with van der Waals surface area (Å²) in [5.74, 6) is 0. The van der Waals surface area contributed by atoms with Crippen molar-refractivity contribution in [2.45, 2.75) is 0 Å². The number of nitrogens with zero attached hydrogens (tertiary/aromatic N) is 3. The molecule has 2 aromatic rings. The van der Waals surface area contributed by atoms with Crippen LogP contribution in [-0.4, -0.2) is 14.6 Å². The van der Waals surface area contributed by atoms with Crippen LogP contribution in [0.15, 0.2) is 30.6 Å². The maximum atomic E-state index is 4.15. The summed E-state index contributed by atoms with van der Waals surface area (Å²) in [5, 5.41) is 3.73. The molecule has 0 aliphatic rings. The smallest absolute Gasteiger partial charge is 0.0937 e. The van der Waals surface area contributed by atoms with Gasteiger partial charge in [-0.2, -0.15) is 0 Å². The highest BCUT2D eigenvalue weighted by Gasteiger charge is 1.98. The summed E-state index contributed by atoms with van der Waals surface area (Å²) in [6.07, 6.45) is 3.47. The van der Waals surface area contributed by atoms with Gasteiger partial charge in [0.25, 0.3) is 0 Å². The van der Waals surface area contributed by atoms with E-state index in [4.69, 9.17) is 0 Å². The largest absolute Gasteiger partial charge is 0.255 e. The summed E-state index contributed by atoms with van der Waals surface area (Å²) in [7, 11) is 0. The van der Waals surface area contributed by atoms with E-state index in [0.29, 0.717) is 0 Å². The summed E-state index contributed by atoms with van der Waals surface area (Å²) in [6.45, 7) is 0. The molecule has 0 aromatic carbocycles. The molecule has 4 heteroatoms. The highest BCUT2D eigenvalue weighted by Crippen LogP contribution is 2.17. The van der Waals surface area contributed by atoms with Crippen molar-refractivity contribution < 1.29 is 0 Å². The van der Waals surface area contributed by atoms with Gasteiger partial charge < -0.3 is 0 Å². The average Bonchev–Trinajstić information content (AvgIpc) is 2.58. The van der Waals surface area contributed by atoms with Gasteiger partial charge in [-0.3, -0.25) is 4.98 Å². The van der Waals surface area contributed by atoms with Gasteiger partial charge in [-0.05, 0) is 23.7 Å². The van der Waals surface area contributed by atoms with Gasteiger partial charge in [0.05, 0.1) is 16.8 Å². The summed E-state index contributed by atoms with van der Waals surface area (Å²) in [6, 6.07) is 5.77. The van der Waals surface area contributed by atoms with Crippen molar-refractivity contribution in [2.24, 2.45) is 0 Å². The third kappa shape index (κ3) is 1.25. The molecular formula is C7H5N3S. The van der Waals surface area contributed by atoms with Crippen LogP contribution in [-0.2, 0) is 0 Å². The molecule has 0 bridgehead atoms. The first kappa shape index (κ1) is 6.42. The Bertz CT molecular complexity index is 317. The normalized spacial score (nSPS) is 9.82. The Morgan fingerprint density at radius 1 is 1.27 bits per heavy atom. The Kier molecular flexibility index (Phi) is 1.61. The van der Waals surface area contributed by atoms with Crippen molar-refractivity contribution in [3.05, 3.63) is 30.6 Å². The molecule has 0 fully saturated rings. The van der Waals surface area contributed by atoms with Crippen LogP contribution in [0.4, 0.5) is 0 Å². The molecule has 11 heavy (non-hydrogen) atoms. The van der Waals surface area contributed by atoms with Gasteiger partial charge in [0, 0.05) is 6.20 Å². The topological polar surface area (TPSA) is 38.7 Å². The summed E-state index contributed by atoms with van der Waals surface area (Å²) in [5.41, 5.74) is 0.933. The van der Waals surface area contributed by atoms with Crippen molar-refractivity contribution >= 4 is 11.5 Å². The fraction of sp³-hybridized carbons (Fsp3) is 0. The molecule has 0 N–H and O–H groups in total. The first-order valence-corrected chi connectivity index (χ1v) is 3.93. The zero-order valence-electron chi connectivity index (χ0n) is 5.64. The van der Waals surface area contributed by atoms with E-state index in [-0.39, 0.29) is 0 Å². The molecule has 0 aliphatic heterocycles. The lowest BCUT2D eigenvalue weighted by atomic mass is 10.3. The Labute approximate surface area is 67.9 Å². The van der Waals surface area contributed by atoms with Gasteiger partial charge in [0.15, 0.2) is 0 Å². The third-order valence-electron chi connectivity index (χ3n) is 1.28. The molecule has 0 aliphatic carbocycles. The Morgan fingerprint density at radius 2 is 2.27 bits per heavy atom. The van der Waals surface area contributed by atoms with E-state index in [0.717, 1.165) is 10.6 Å². The van der Waals surface area contributed by atoms with Gasteiger partial charge in [0.2, 0.25) is 0 Å². The molecule has 0 spiro atoms. The van der Waals surface area contributed by atoms with Crippen LogP contribution >= 0.6 is 11.5 Å². The van der Waals surface area contributed by atoms with E-state index in [1.165, 1.54) is 11.5 Å². The molecular weight excluding hydrogens is 158 g/mol. The second-order valence-electron chi connectivity index (χ2n) is 2.00. The standard InChI is InChI=1S/C7H5N3S/c1-2-4-8-6(3-1)7-5-9-10-11-7/h1-5H. The van der Waals surface area contributed by atoms with Crippen LogP contribution < -0.4 is 0 Å². The van der Waals surface area contributed by atoms with Gasteiger partial charge in [-0.25, -0.2) is 0 Å². The quantitative estimate of drug-likeness (QED) is 0.641. The van der Waals surface area contributed by atoms with Gasteiger partial charge in [-0.1, -0.05) is 10.6 Å². The molecule has 0 saturated carbocycles. The van der Waals surface area contributed by atoms with Gasteiger partial charge >= 0.3 is 0 Å². The van der Waals surface area contributed by atoms with Gasteiger partial charge in [0.1, 0.15) is 0 Å². The van der Waals surface area contributed by atoms with Crippen LogP contribution in [0.1, 0.15) is 0 Å². The minimum absolute atomic E-state index is 0.933. The number of hydrogen-bond acceptors (Lipinski definition) is 4. The number of aromatic nitrogens is 3. The van der Waals surface area contributed by atoms with E-state index in [1.54, 1.807) is 12.4 Å². The van der Waals surface area contributed by atoms with Crippen molar-refractivity contribution in [3.63, 3.8) is 0 Å². The first-order valence-electron chi connectivity index (χ1n) is 3.15. The minimum Gasteiger partial charge on any atom is -0.255 e. The minimum atomic E-state index is 0.933. The van der Waals surface area contributed by atoms with Crippen molar-refractivity contribution in [3.8, 4) is 10.6 Å². The van der Waals surface area contributed by atoms with Crippen molar-refractivity contribution in [2.75, 3.05) is 0 Å². The van der Waals surface area contributed by atoms with Crippen LogP contribution in [0.3, 0.4) is 0 Å². The van der Waals surface area contributed by atoms with Crippen LogP contribution in [0.5, 0.6) is 0 Å².